The van der Waals surface area contributed by atoms with Gasteiger partial charge in [-0.1, -0.05) is 38.1 Å². The van der Waals surface area contributed by atoms with Crippen LogP contribution in [0.2, 0.25) is 0 Å². The van der Waals surface area contributed by atoms with Crippen molar-refractivity contribution in [1.29, 1.82) is 0 Å². The maximum absolute atomic E-state index is 11.9. The summed E-state index contributed by atoms with van der Waals surface area (Å²) in [5, 5.41) is 2.95. The van der Waals surface area contributed by atoms with Gasteiger partial charge in [0.15, 0.2) is 0 Å². The Bertz CT molecular complexity index is 443. The molecule has 1 rings (SSSR count). The molecule has 1 unspecified atom stereocenters. The van der Waals surface area contributed by atoms with Crippen LogP contribution < -0.4 is 11.1 Å². The third-order valence-electron chi connectivity index (χ3n) is 3.89. The van der Waals surface area contributed by atoms with E-state index in [0.717, 1.165) is 25.2 Å². The van der Waals surface area contributed by atoms with Gasteiger partial charge in [-0.3, -0.25) is 9.69 Å². The topological polar surface area (TPSA) is 67.6 Å². The predicted octanol–water partition coefficient (Wildman–Crippen LogP) is 1.51. The molecule has 1 amide bonds. The molecule has 0 aliphatic heterocycles. The third-order valence-corrected chi connectivity index (χ3v) is 3.89. The first-order chi connectivity index (χ1) is 10.6. The van der Waals surface area contributed by atoms with Crippen molar-refractivity contribution < 1.29 is 9.53 Å². The lowest BCUT2D eigenvalue weighted by molar-refractivity contribution is -0.123. The van der Waals surface area contributed by atoms with E-state index in [0.29, 0.717) is 19.5 Å². The van der Waals surface area contributed by atoms with Crippen molar-refractivity contribution in [1.82, 2.24) is 10.2 Å². The van der Waals surface area contributed by atoms with Gasteiger partial charge in [-0.25, -0.2) is 0 Å². The molecule has 1 aromatic carbocycles. The minimum absolute atomic E-state index is 0.0325. The molecule has 0 radical (unpaired) electrons. The van der Waals surface area contributed by atoms with Gasteiger partial charge in [0, 0.05) is 26.7 Å². The number of amides is 1. The molecular weight excluding hydrogens is 278 g/mol. The van der Waals surface area contributed by atoms with Crippen molar-refractivity contribution >= 4 is 5.91 Å². The predicted molar refractivity (Wildman–Crippen MR) is 89.4 cm³/mol. The second-order valence-corrected chi connectivity index (χ2v) is 5.30. The molecule has 5 nitrogen and oxygen atoms in total. The van der Waals surface area contributed by atoms with Crippen molar-refractivity contribution in [3.63, 3.8) is 0 Å². The van der Waals surface area contributed by atoms with Gasteiger partial charge >= 0.3 is 0 Å². The first-order valence-corrected chi connectivity index (χ1v) is 7.93. The van der Waals surface area contributed by atoms with Crippen molar-refractivity contribution in [2.75, 3.05) is 26.7 Å². The average Bonchev–Trinajstić information content (AvgIpc) is 2.56. The molecule has 3 N–H and O–H groups in total. The highest BCUT2D eigenvalue weighted by molar-refractivity contribution is 5.76. The summed E-state index contributed by atoms with van der Waals surface area (Å²) in [5.41, 5.74) is 7.95. The maximum Gasteiger partial charge on any atom is 0.222 e. The average molecular weight is 307 g/mol. The van der Waals surface area contributed by atoms with E-state index in [1.165, 1.54) is 5.56 Å². The molecule has 0 saturated carbocycles. The number of hydrogen-bond acceptors (Lipinski definition) is 4. The third kappa shape index (κ3) is 6.13. The lowest BCUT2D eigenvalue weighted by atomic mass is 10.1. The van der Waals surface area contributed by atoms with E-state index in [2.05, 4.69) is 36.2 Å². The Hall–Kier alpha value is -1.43. The largest absolute Gasteiger partial charge is 0.380 e. The molecular formula is C17H29N3O2. The van der Waals surface area contributed by atoms with Crippen LogP contribution in [0.5, 0.6) is 0 Å². The Morgan fingerprint density at radius 3 is 2.45 bits per heavy atom. The molecule has 0 aliphatic rings. The number of hydrogen-bond donors (Lipinski definition) is 2. The lowest BCUT2D eigenvalue weighted by Crippen LogP contribution is -2.32. The van der Waals surface area contributed by atoms with Crippen LogP contribution in [-0.4, -0.2) is 43.7 Å². The van der Waals surface area contributed by atoms with Crippen LogP contribution in [-0.2, 0) is 22.6 Å². The van der Waals surface area contributed by atoms with Crippen LogP contribution >= 0.6 is 0 Å². The number of carbonyl (C=O) groups is 1. The highest BCUT2D eigenvalue weighted by Crippen LogP contribution is 2.12. The molecule has 5 heteroatoms. The van der Waals surface area contributed by atoms with Crippen LogP contribution in [0.3, 0.4) is 0 Å². The Morgan fingerprint density at radius 2 is 1.91 bits per heavy atom. The van der Waals surface area contributed by atoms with E-state index in [1.54, 1.807) is 7.11 Å². The van der Waals surface area contributed by atoms with Crippen molar-refractivity contribution in [3.05, 3.63) is 35.4 Å². The minimum atomic E-state index is -0.217. The van der Waals surface area contributed by atoms with Gasteiger partial charge in [-0.05, 0) is 24.2 Å². The van der Waals surface area contributed by atoms with E-state index < -0.39 is 0 Å². The molecule has 0 bridgehead atoms. The van der Waals surface area contributed by atoms with Gasteiger partial charge in [-0.15, -0.1) is 0 Å². The normalized spacial score (nSPS) is 12.4. The summed E-state index contributed by atoms with van der Waals surface area (Å²) in [6.45, 7) is 8.14. The van der Waals surface area contributed by atoms with E-state index in [-0.39, 0.29) is 12.0 Å². The van der Waals surface area contributed by atoms with Gasteiger partial charge in [0.25, 0.3) is 0 Å². The highest BCUT2D eigenvalue weighted by Gasteiger charge is 2.12. The summed E-state index contributed by atoms with van der Waals surface area (Å²) >= 11 is 0. The lowest BCUT2D eigenvalue weighted by Gasteiger charge is -2.20. The molecule has 0 spiro atoms. The van der Waals surface area contributed by atoms with E-state index >= 15 is 0 Å². The molecule has 1 aromatic rings. The Labute approximate surface area is 133 Å². The van der Waals surface area contributed by atoms with Crippen LogP contribution in [0, 0.1) is 0 Å². The second-order valence-electron chi connectivity index (χ2n) is 5.30. The SMILES string of the molecule is CCN(CC)Cc1ccccc1CNC(=O)CC(CN)OC. The number of ether oxygens (including phenoxy) is 1. The van der Waals surface area contributed by atoms with Gasteiger partial charge in [0.2, 0.25) is 5.91 Å². The molecule has 0 aromatic heterocycles. The zero-order chi connectivity index (χ0) is 16.4. The van der Waals surface area contributed by atoms with Crippen molar-refractivity contribution in [2.24, 2.45) is 5.73 Å². The maximum atomic E-state index is 11.9. The fourth-order valence-corrected chi connectivity index (χ4v) is 2.31. The number of methoxy groups -OCH3 is 1. The van der Waals surface area contributed by atoms with E-state index in [9.17, 15) is 4.79 Å². The standard InChI is InChI=1S/C17H29N3O2/c1-4-20(5-2)13-15-9-7-6-8-14(15)12-19-17(21)10-16(11-18)22-3/h6-9,16H,4-5,10-13,18H2,1-3H3,(H,19,21). The molecule has 0 aliphatic carbocycles. The Balaban J connectivity index is 2.60. The Morgan fingerprint density at radius 1 is 1.27 bits per heavy atom. The quantitative estimate of drug-likeness (QED) is 0.687. The van der Waals surface area contributed by atoms with Gasteiger partial charge in [-0.2, -0.15) is 0 Å². The van der Waals surface area contributed by atoms with Crippen LogP contribution in [0.15, 0.2) is 24.3 Å². The highest BCUT2D eigenvalue weighted by atomic mass is 16.5. The molecule has 124 valence electrons. The van der Waals surface area contributed by atoms with Crippen LogP contribution in [0.25, 0.3) is 0 Å². The van der Waals surface area contributed by atoms with Crippen LogP contribution in [0.1, 0.15) is 31.4 Å². The van der Waals surface area contributed by atoms with E-state index in [1.807, 2.05) is 12.1 Å². The first-order valence-electron chi connectivity index (χ1n) is 7.93. The number of rotatable bonds is 10. The summed E-state index contributed by atoms with van der Waals surface area (Å²) in [7, 11) is 1.57. The monoisotopic (exact) mass is 307 g/mol. The van der Waals surface area contributed by atoms with E-state index in [4.69, 9.17) is 10.5 Å². The molecule has 1 atom stereocenters. The van der Waals surface area contributed by atoms with Crippen molar-refractivity contribution in [2.45, 2.75) is 39.5 Å². The van der Waals surface area contributed by atoms with Gasteiger partial charge in [0.05, 0.1) is 12.5 Å². The van der Waals surface area contributed by atoms with Crippen molar-refractivity contribution in [3.8, 4) is 0 Å². The molecule has 0 saturated heterocycles. The fraction of sp³-hybridized carbons (Fsp3) is 0.588. The second kappa shape index (κ2) is 10.3. The smallest absolute Gasteiger partial charge is 0.222 e. The summed E-state index contributed by atoms with van der Waals surface area (Å²) < 4.78 is 5.14. The van der Waals surface area contributed by atoms with Gasteiger partial charge < -0.3 is 15.8 Å². The number of nitrogens with zero attached hydrogens (tertiary/aromatic N) is 1. The minimum Gasteiger partial charge on any atom is -0.380 e. The summed E-state index contributed by atoms with van der Waals surface area (Å²) in [6, 6.07) is 8.23. The molecule has 0 heterocycles. The zero-order valence-corrected chi connectivity index (χ0v) is 14.0. The molecule has 0 fully saturated rings. The fourth-order valence-electron chi connectivity index (χ4n) is 2.31. The number of benzene rings is 1. The summed E-state index contributed by atoms with van der Waals surface area (Å²) in [6.07, 6.45) is 0.0801. The van der Waals surface area contributed by atoms with Gasteiger partial charge in [0.1, 0.15) is 0 Å². The summed E-state index contributed by atoms with van der Waals surface area (Å²) in [5.74, 6) is -0.0325. The number of carbonyl (C=O) groups excluding carboxylic acids is 1. The molecule has 22 heavy (non-hydrogen) atoms. The van der Waals surface area contributed by atoms with Crippen LogP contribution in [0.4, 0.5) is 0 Å². The Kier molecular flexibility index (Phi) is 8.74. The number of nitrogens with one attached hydrogen (secondary N) is 1. The summed E-state index contributed by atoms with van der Waals surface area (Å²) in [4.78, 5) is 14.3. The number of nitrogens with two attached hydrogens (primary N) is 1. The first kappa shape index (κ1) is 18.6. The zero-order valence-electron chi connectivity index (χ0n) is 14.0.